The van der Waals surface area contributed by atoms with Gasteiger partial charge in [0.05, 0.1) is 11.5 Å². The number of rotatable bonds is 6. The zero-order valence-electron chi connectivity index (χ0n) is 12.6. The van der Waals surface area contributed by atoms with Gasteiger partial charge in [0.1, 0.15) is 0 Å². The normalized spacial score (nSPS) is 10.7. The van der Waals surface area contributed by atoms with Crippen molar-refractivity contribution in [1.29, 1.82) is 0 Å². The van der Waals surface area contributed by atoms with Gasteiger partial charge >= 0.3 is 5.97 Å². The summed E-state index contributed by atoms with van der Waals surface area (Å²) in [6, 6.07) is 10.4. The van der Waals surface area contributed by atoms with Crippen LogP contribution in [0.4, 0.5) is 5.69 Å². The topological polar surface area (TPSA) is 110 Å². The molecule has 2 rings (SSSR count). The van der Waals surface area contributed by atoms with E-state index in [1.54, 1.807) is 18.2 Å². The van der Waals surface area contributed by atoms with Gasteiger partial charge in [-0.15, -0.1) is 0 Å². The Morgan fingerprint density at radius 1 is 1.17 bits per heavy atom. The molecule has 2 aromatic rings. The molecule has 0 heterocycles. The molecule has 0 aliphatic carbocycles. The van der Waals surface area contributed by atoms with E-state index in [2.05, 4.69) is 0 Å². The Kier molecular flexibility index (Phi) is 5.51. The van der Waals surface area contributed by atoms with Gasteiger partial charge in [-0.25, -0.2) is 4.79 Å². The highest BCUT2D eigenvalue weighted by Crippen LogP contribution is 2.25. The van der Waals surface area contributed by atoms with E-state index in [-0.39, 0.29) is 30.2 Å². The second-order valence-electron chi connectivity index (χ2n) is 4.88. The molecule has 0 saturated heterocycles. The van der Waals surface area contributed by atoms with Gasteiger partial charge < -0.3 is 14.9 Å². The molecule has 2 aromatic carbocycles. The number of aromatic hydroxyl groups is 2. The third-order valence-corrected chi connectivity index (χ3v) is 3.22. The lowest BCUT2D eigenvalue weighted by Crippen LogP contribution is -2.06. The lowest BCUT2D eigenvalue weighted by molar-refractivity contribution is -0.385. The lowest BCUT2D eigenvalue weighted by atomic mass is 10.1. The number of carbonyl (C=O) groups is 1. The largest absolute Gasteiger partial charge is 0.504 e. The van der Waals surface area contributed by atoms with Crippen LogP contribution < -0.4 is 0 Å². The van der Waals surface area contributed by atoms with E-state index in [1.165, 1.54) is 36.4 Å². The molecule has 0 bridgehead atoms. The molecule has 0 aliphatic heterocycles. The molecule has 0 radical (unpaired) electrons. The third kappa shape index (κ3) is 4.57. The number of nitro benzene ring substituents is 1. The number of nitrogens with zero attached hydrogens (tertiary/aromatic N) is 1. The first-order valence-corrected chi connectivity index (χ1v) is 7.06. The smallest absolute Gasteiger partial charge is 0.330 e. The number of nitro groups is 1. The summed E-state index contributed by atoms with van der Waals surface area (Å²) in [4.78, 5) is 22.0. The fourth-order valence-corrected chi connectivity index (χ4v) is 2.02. The number of para-hydroxylation sites is 1. The van der Waals surface area contributed by atoms with Crippen LogP contribution in [0.15, 0.2) is 48.5 Å². The summed E-state index contributed by atoms with van der Waals surface area (Å²) in [5.41, 5.74) is 0.993. The van der Waals surface area contributed by atoms with E-state index < -0.39 is 10.9 Å². The van der Waals surface area contributed by atoms with Crippen molar-refractivity contribution in [3.05, 3.63) is 69.8 Å². The molecular formula is C17H15NO6. The van der Waals surface area contributed by atoms with E-state index in [9.17, 15) is 25.1 Å². The van der Waals surface area contributed by atoms with Crippen molar-refractivity contribution in [2.45, 2.75) is 6.42 Å². The summed E-state index contributed by atoms with van der Waals surface area (Å²) in [6.07, 6.45) is 2.83. The van der Waals surface area contributed by atoms with Gasteiger partial charge in [-0.3, -0.25) is 10.1 Å². The van der Waals surface area contributed by atoms with Crippen LogP contribution >= 0.6 is 0 Å². The van der Waals surface area contributed by atoms with Crippen molar-refractivity contribution in [2.24, 2.45) is 0 Å². The Hall–Kier alpha value is -3.35. The Morgan fingerprint density at radius 2 is 1.92 bits per heavy atom. The second kappa shape index (κ2) is 7.77. The summed E-state index contributed by atoms with van der Waals surface area (Å²) in [6.45, 7) is 0.00878. The van der Waals surface area contributed by atoms with E-state index in [4.69, 9.17) is 4.74 Å². The van der Waals surface area contributed by atoms with Gasteiger partial charge in [-0.05, 0) is 23.8 Å². The molecular weight excluding hydrogens is 314 g/mol. The van der Waals surface area contributed by atoms with Gasteiger partial charge in [0, 0.05) is 24.1 Å². The number of hydrogen-bond donors (Lipinski definition) is 2. The van der Waals surface area contributed by atoms with Crippen LogP contribution in [0.5, 0.6) is 11.5 Å². The molecule has 0 unspecified atom stereocenters. The van der Waals surface area contributed by atoms with Crippen LogP contribution in [0.2, 0.25) is 0 Å². The molecule has 124 valence electrons. The highest BCUT2D eigenvalue weighted by atomic mass is 16.6. The molecule has 7 heteroatoms. The predicted octanol–water partition coefficient (Wildman–Crippen LogP) is 2.81. The standard InChI is InChI=1S/C17H15NO6/c19-15-7-5-12(11-16(15)20)6-8-17(21)24-10-9-13-3-1-2-4-14(13)18(22)23/h1-8,11,19-20H,9-10H2/b8-6+. The van der Waals surface area contributed by atoms with Crippen molar-refractivity contribution in [3.8, 4) is 11.5 Å². The van der Waals surface area contributed by atoms with Crippen LogP contribution in [-0.2, 0) is 16.0 Å². The first-order chi connectivity index (χ1) is 11.5. The molecule has 2 N–H and O–H groups in total. The maximum absolute atomic E-state index is 11.6. The van der Waals surface area contributed by atoms with Gasteiger partial charge in [-0.2, -0.15) is 0 Å². The minimum Gasteiger partial charge on any atom is -0.504 e. The lowest BCUT2D eigenvalue weighted by Gasteiger charge is -2.03. The van der Waals surface area contributed by atoms with Crippen LogP contribution in [-0.4, -0.2) is 27.7 Å². The van der Waals surface area contributed by atoms with Crippen molar-refractivity contribution in [3.63, 3.8) is 0 Å². The van der Waals surface area contributed by atoms with Gasteiger partial charge in [0.2, 0.25) is 0 Å². The Bertz CT molecular complexity index is 784. The van der Waals surface area contributed by atoms with E-state index in [0.717, 1.165) is 0 Å². The number of phenols is 2. The van der Waals surface area contributed by atoms with E-state index in [0.29, 0.717) is 11.1 Å². The molecule has 0 aromatic heterocycles. The quantitative estimate of drug-likeness (QED) is 0.277. The zero-order valence-corrected chi connectivity index (χ0v) is 12.6. The predicted molar refractivity (Wildman–Crippen MR) is 86.6 cm³/mol. The summed E-state index contributed by atoms with van der Waals surface area (Å²) in [5.74, 6) is -1.15. The van der Waals surface area contributed by atoms with Gasteiger partial charge in [0.25, 0.3) is 5.69 Å². The minimum atomic E-state index is -0.610. The minimum absolute atomic E-state index is 0.00878. The summed E-state index contributed by atoms with van der Waals surface area (Å²) in [5, 5.41) is 29.4. The maximum atomic E-state index is 11.6. The van der Waals surface area contributed by atoms with Gasteiger partial charge in [-0.1, -0.05) is 24.3 Å². The SMILES string of the molecule is O=C(/C=C/c1ccc(O)c(O)c1)OCCc1ccccc1[N+](=O)[O-]. The fourth-order valence-electron chi connectivity index (χ4n) is 2.02. The monoisotopic (exact) mass is 329 g/mol. The van der Waals surface area contributed by atoms with Crippen molar-refractivity contribution in [1.82, 2.24) is 0 Å². The third-order valence-electron chi connectivity index (χ3n) is 3.22. The summed E-state index contributed by atoms with van der Waals surface area (Å²) < 4.78 is 5.00. The first-order valence-electron chi connectivity index (χ1n) is 7.06. The van der Waals surface area contributed by atoms with Crippen LogP contribution in [0.3, 0.4) is 0 Å². The Balaban J connectivity index is 1.88. The van der Waals surface area contributed by atoms with Crippen LogP contribution in [0.1, 0.15) is 11.1 Å². The molecule has 0 amide bonds. The highest BCUT2D eigenvalue weighted by molar-refractivity contribution is 5.87. The molecule has 0 saturated carbocycles. The Morgan fingerprint density at radius 3 is 2.62 bits per heavy atom. The molecule has 7 nitrogen and oxygen atoms in total. The van der Waals surface area contributed by atoms with Gasteiger partial charge in [0.15, 0.2) is 11.5 Å². The van der Waals surface area contributed by atoms with Crippen molar-refractivity contribution >= 4 is 17.7 Å². The molecule has 0 aliphatic rings. The highest BCUT2D eigenvalue weighted by Gasteiger charge is 2.12. The van der Waals surface area contributed by atoms with Crippen molar-refractivity contribution in [2.75, 3.05) is 6.61 Å². The molecule has 24 heavy (non-hydrogen) atoms. The maximum Gasteiger partial charge on any atom is 0.330 e. The number of hydrogen-bond acceptors (Lipinski definition) is 6. The average Bonchev–Trinajstić information content (AvgIpc) is 2.56. The number of ether oxygens (including phenoxy) is 1. The second-order valence-corrected chi connectivity index (χ2v) is 4.88. The molecule has 0 spiro atoms. The fraction of sp³-hybridized carbons (Fsp3) is 0.118. The van der Waals surface area contributed by atoms with E-state index >= 15 is 0 Å². The zero-order chi connectivity index (χ0) is 17.5. The number of benzene rings is 2. The van der Waals surface area contributed by atoms with Crippen LogP contribution in [0, 0.1) is 10.1 Å². The van der Waals surface area contributed by atoms with E-state index in [1.807, 2.05) is 0 Å². The number of carbonyl (C=O) groups excluding carboxylic acids is 1. The molecule has 0 atom stereocenters. The Labute approximate surface area is 137 Å². The van der Waals surface area contributed by atoms with Crippen molar-refractivity contribution < 1.29 is 24.7 Å². The number of phenolic OH excluding ortho intramolecular Hbond substituents is 2. The van der Waals surface area contributed by atoms with Crippen LogP contribution in [0.25, 0.3) is 6.08 Å². The molecule has 0 fully saturated rings. The number of esters is 1. The summed E-state index contributed by atoms with van der Waals surface area (Å²) in [7, 11) is 0. The summed E-state index contributed by atoms with van der Waals surface area (Å²) >= 11 is 0. The average molecular weight is 329 g/mol. The first kappa shape index (κ1) is 17.0.